The minimum absolute atomic E-state index is 0.121. The zero-order chi connectivity index (χ0) is 12.7. The summed E-state index contributed by atoms with van der Waals surface area (Å²) in [4.78, 5) is 0. The molecule has 0 spiro atoms. The molecule has 0 aliphatic heterocycles. The molecule has 0 amide bonds. The number of rotatable bonds is 6. The fourth-order valence-electron chi connectivity index (χ4n) is 2.50. The predicted octanol–water partition coefficient (Wildman–Crippen LogP) is 5.02. The Hall–Kier alpha value is -0.160. The summed E-state index contributed by atoms with van der Waals surface area (Å²) in [5.74, 6) is 2.23. The monoisotopic (exact) mass is 253 g/mol. The molecule has 0 aromatic carbocycles. The topological polar surface area (TPSA) is 23.8 Å². The zero-order valence-electron chi connectivity index (χ0n) is 11.7. The Morgan fingerprint density at radius 1 is 1.29 bits per heavy atom. The number of hydrogen-bond acceptors (Lipinski definition) is 2. The molecule has 17 heavy (non-hydrogen) atoms. The first-order chi connectivity index (χ1) is 8.03. The van der Waals surface area contributed by atoms with E-state index in [1.165, 1.54) is 44.3 Å². The quantitative estimate of drug-likeness (QED) is 0.621. The molecule has 0 aromatic heterocycles. The largest absolute Gasteiger partial charge is 0.198 e. The fourth-order valence-corrected chi connectivity index (χ4v) is 4.01. The molecule has 1 rings (SSSR count). The van der Waals surface area contributed by atoms with Crippen molar-refractivity contribution >= 4 is 11.8 Å². The Labute approximate surface area is 111 Å². The molecular formula is C15H27NS. The Balaban J connectivity index is 2.03. The third-order valence-corrected chi connectivity index (χ3v) is 5.16. The lowest BCUT2D eigenvalue weighted by atomic mass is 9.89. The minimum atomic E-state index is -0.121. The number of thioether (sulfide) groups is 1. The Bertz CT molecular complexity index is 254. The minimum Gasteiger partial charge on any atom is -0.198 e. The molecule has 2 atom stereocenters. The van der Waals surface area contributed by atoms with Crippen LogP contribution in [0.3, 0.4) is 0 Å². The van der Waals surface area contributed by atoms with Crippen LogP contribution in [0.2, 0.25) is 0 Å². The SMILES string of the molecule is CC1CCCC(SCCCCC(C)(C)C#N)C1. The summed E-state index contributed by atoms with van der Waals surface area (Å²) in [7, 11) is 0. The van der Waals surface area contributed by atoms with Gasteiger partial charge in [0.2, 0.25) is 0 Å². The van der Waals surface area contributed by atoms with Gasteiger partial charge < -0.3 is 0 Å². The van der Waals surface area contributed by atoms with Crippen molar-refractivity contribution in [3.05, 3.63) is 0 Å². The maximum Gasteiger partial charge on any atom is 0.0683 e. The van der Waals surface area contributed by atoms with Crippen molar-refractivity contribution in [1.29, 1.82) is 5.26 Å². The summed E-state index contributed by atoms with van der Waals surface area (Å²) in [5, 5.41) is 9.85. The normalized spacial score (nSPS) is 25.5. The van der Waals surface area contributed by atoms with Crippen LogP contribution in [-0.2, 0) is 0 Å². The lowest BCUT2D eigenvalue weighted by molar-refractivity contribution is 0.394. The van der Waals surface area contributed by atoms with E-state index in [-0.39, 0.29) is 5.41 Å². The van der Waals surface area contributed by atoms with Crippen LogP contribution < -0.4 is 0 Å². The molecule has 0 aromatic rings. The molecule has 1 nitrogen and oxygen atoms in total. The van der Waals surface area contributed by atoms with Crippen LogP contribution in [0.4, 0.5) is 0 Å². The molecule has 1 fully saturated rings. The van der Waals surface area contributed by atoms with Crippen LogP contribution in [0.25, 0.3) is 0 Å². The first kappa shape index (κ1) is 14.9. The van der Waals surface area contributed by atoms with Gasteiger partial charge >= 0.3 is 0 Å². The van der Waals surface area contributed by atoms with E-state index in [1.807, 2.05) is 13.8 Å². The van der Waals surface area contributed by atoms with Crippen LogP contribution in [0.5, 0.6) is 0 Å². The highest BCUT2D eigenvalue weighted by Gasteiger charge is 2.19. The summed E-state index contributed by atoms with van der Waals surface area (Å²) in [5.41, 5.74) is -0.121. The molecule has 98 valence electrons. The smallest absolute Gasteiger partial charge is 0.0683 e. The van der Waals surface area contributed by atoms with Gasteiger partial charge in [-0.25, -0.2) is 0 Å². The lowest BCUT2D eigenvalue weighted by Crippen LogP contribution is -2.15. The van der Waals surface area contributed by atoms with Gasteiger partial charge in [0.05, 0.1) is 11.5 Å². The van der Waals surface area contributed by atoms with Crippen molar-refractivity contribution in [3.63, 3.8) is 0 Å². The fraction of sp³-hybridized carbons (Fsp3) is 0.933. The van der Waals surface area contributed by atoms with Gasteiger partial charge in [-0.3, -0.25) is 0 Å². The predicted molar refractivity (Wildman–Crippen MR) is 77.1 cm³/mol. The molecule has 0 heterocycles. The van der Waals surface area contributed by atoms with Crippen molar-refractivity contribution in [3.8, 4) is 6.07 Å². The first-order valence-corrected chi connectivity index (χ1v) is 8.11. The van der Waals surface area contributed by atoms with Crippen LogP contribution in [-0.4, -0.2) is 11.0 Å². The number of unbranched alkanes of at least 4 members (excludes halogenated alkanes) is 1. The van der Waals surface area contributed by atoms with Gasteiger partial charge in [0.25, 0.3) is 0 Å². The molecule has 0 saturated heterocycles. The second-order valence-electron chi connectivity index (χ2n) is 6.22. The average Bonchev–Trinajstić information content (AvgIpc) is 2.29. The Morgan fingerprint density at radius 2 is 2.06 bits per heavy atom. The molecule has 1 aliphatic carbocycles. The molecule has 0 bridgehead atoms. The van der Waals surface area contributed by atoms with Gasteiger partial charge in [-0.05, 0) is 51.2 Å². The van der Waals surface area contributed by atoms with E-state index in [0.29, 0.717) is 0 Å². The molecule has 1 saturated carbocycles. The number of nitriles is 1. The highest BCUT2D eigenvalue weighted by Crippen LogP contribution is 2.32. The van der Waals surface area contributed by atoms with E-state index in [0.717, 1.165) is 17.6 Å². The second kappa shape index (κ2) is 7.31. The van der Waals surface area contributed by atoms with Gasteiger partial charge in [0.15, 0.2) is 0 Å². The zero-order valence-corrected chi connectivity index (χ0v) is 12.5. The maximum atomic E-state index is 8.93. The van der Waals surface area contributed by atoms with E-state index in [1.54, 1.807) is 0 Å². The van der Waals surface area contributed by atoms with Crippen molar-refractivity contribution in [2.75, 3.05) is 5.75 Å². The first-order valence-electron chi connectivity index (χ1n) is 7.06. The summed E-state index contributed by atoms with van der Waals surface area (Å²) < 4.78 is 0. The average molecular weight is 253 g/mol. The molecular weight excluding hydrogens is 226 g/mol. The van der Waals surface area contributed by atoms with E-state index < -0.39 is 0 Å². The number of nitrogens with zero attached hydrogens (tertiary/aromatic N) is 1. The van der Waals surface area contributed by atoms with Crippen LogP contribution in [0.15, 0.2) is 0 Å². The second-order valence-corrected chi connectivity index (χ2v) is 7.63. The van der Waals surface area contributed by atoms with Crippen molar-refractivity contribution in [2.24, 2.45) is 11.3 Å². The molecule has 0 radical (unpaired) electrons. The van der Waals surface area contributed by atoms with E-state index in [4.69, 9.17) is 5.26 Å². The van der Waals surface area contributed by atoms with Gasteiger partial charge in [0.1, 0.15) is 0 Å². The van der Waals surface area contributed by atoms with E-state index in [9.17, 15) is 0 Å². The highest BCUT2D eigenvalue weighted by atomic mass is 32.2. The summed E-state index contributed by atoms with van der Waals surface area (Å²) >= 11 is 2.18. The van der Waals surface area contributed by atoms with Gasteiger partial charge in [-0.15, -0.1) is 0 Å². The van der Waals surface area contributed by atoms with Crippen LogP contribution in [0, 0.1) is 22.7 Å². The van der Waals surface area contributed by atoms with Gasteiger partial charge in [-0.2, -0.15) is 17.0 Å². The molecule has 2 heteroatoms. The third-order valence-electron chi connectivity index (χ3n) is 3.74. The van der Waals surface area contributed by atoms with Crippen molar-refractivity contribution in [2.45, 2.75) is 71.0 Å². The molecule has 2 unspecified atom stereocenters. The van der Waals surface area contributed by atoms with Crippen molar-refractivity contribution < 1.29 is 0 Å². The Morgan fingerprint density at radius 3 is 2.71 bits per heavy atom. The van der Waals surface area contributed by atoms with E-state index in [2.05, 4.69) is 24.8 Å². The van der Waals surface area contributed by atoms with Gasteiger partial charge in [0, 0.05) is 5.25 Å². The van der Waals surface area contributed by atoms with Gasteiger partial charge in [-0.1, -0.05) is 26.2 Å². The molecule has 0 N–H and O–H groups in total. The lowest BCUT2D eigenvalue weighted by Gasteiger charge is -2.26. The van der Waals surface area contributed by atoms with Crippen LogP contribution >= 0.6 is 11.8 Å². The highest BCUT2D eigenvalue weighted by molar-refractivity contribution is 7.99. The Kier molecular flexibility index (Phi) is 6.41. The van der Waals surface area contributed by atoms with E-state index >= 15 is 0 Å². The van der Waals surface area contributed by atoms with Crippen molar-refractivity contribution in [1.82, 2.24) is 0 Å². The maximum absolute atomic E-state index is 8.93. The summed E-state index contributed by atoms with van der Waals surface area (Å²) in [6.07, 6.45) is 9.25. The van der Waals surface area contributed by atoms with Crippen LogP contribution in [0.1, 0.15) is 65.7 Å². The third kappa shape index (κ3) is 6.36. The number of hydrogen-bond donors (Lipinski definition) is 0. The molecule has 1 aliphatic rings. The summed E-state index contributed by atoms with van der Waals surface area (Å²) in [6, 6.07) is 2.38. The summed E-state index contributed by atoms with van der Waals surface area (Å²) in [6.45, 7) is 6.48. The standard InChI is InChI=1S/C15H27NS/c1-13-7-6-8-14(11-13)17-10-5-4-9-15(2,3)12-16/h13-14H,4-11H2,1-3H3.